The molecule has 41 heavy (non-hydrogen) atoms. The summed E-state index contributed by atoms with van der Waals surface area (Å²) in [5, 5.41) is -0.238. The van der Waals surface area contributed by atoms with Crippen LogP contribution >= 0.6 is 11.6 Å². The molecule has 3 aliphatic heterocycles. The minimum atomic E-state index is -4.73. The molecule has 0 radical (unpaired) electrons. The van der Waals surface area contributed by atoms with Crippen molar-refractivity contribution < 1.29 is 37.0 Å². The predicted molar refractivity (Wildman–Crippen MR) is 143 cm³/mol. The van der Waals surface area contributed by atoms with Gasteiger partial charge in [-0.3, -0.25) is 9.78 Å². The Hall–Kier alpha value is -3.32. The molecule has 2 aromatic heterocycles. The van der Waals surface area contributed by atoms with Crippen LogP contribution in [0.4, 0.5) is 23.8 Å². The number of hydrogen-bond acceptors (Lipinski definition) is 8. The van der Waals surface area contributed by atoms with E-state index in [2.05, 4.69) is 9.97 Å². The van der Waals surface area contributed by atoms with Gasteiger partial charge in [-0.25, -0.2) is 9.78 Å². The topological polar surface area (TPSA) is 97.3 Å². The number of amides is 2. The number of aromatic nitrogens is 2. The standard InChI is InChI=1S/C27H31ClF3N5O5/c1-15-5-6-17(27(29,30)31)20(32-15)21-19(28)22-18(23(33-21)34-9-11-39-12-10-34)24(37)36-8-7-35(13-16(36)14-40-22)25(38)41-26(2,3)4/h5-6,16H,7-14H2,1-4H3/t16-/m1/s1. The molecule has 1 atom stereocenters. The number of aryl methyl sites for hydroxylation is 1. The van der Waals surface area contributed by atoms with Crippen molar-refractivity contribution in [2.45, 2.75) is 45.5 Å². The average molecular weight is 598 g/mol. The van der Waals surface area contributed by atoms with E-state index in [1.165, 1.54) is 11.0 Å². The lowest BCUT2D eigenvalue weighted by Crippen LogP contribution is -2.58. The number of ether oxygens (including phenoxy) is 3. The van der Waals surface area contributed by atoms with Gasteiger partial charge in [0.15, 0.2) is 5.75 Å². The lowest BCUT2D eigenvalue weighted by Gasteiger charge is -2.40. The van der Waals surface area contributed by atoms with Crippen LogP contribution in [-0.4, -0.2) is 96.0 Å². The summed E-state index contributed by atoms with van der Waals surface area (Å²) in [4.78, 5) is 40.4. The molecule has 2 amide bonds. The monoisotopic (exact) mass is 597 g/mol. The Bertz CT molecular complexity index is 1360. The van der Waals surface area contributed by atoms with Gasteiger partial charge < -0.3 is 28.9 Å². The third-order valence-corrected chi connectivity index (χ3v) is 7.33. The molecule has 2 saturated heterocycles. The third-order valence-electron chi connectivity index (χ3n) is 6.98. The highest BCUT2D eigenvalue weighted by molar-refractivity contribution is 6.35. The molecule has 5 rings (SSSR count). The number of pyridine rings is 2. The number of hydrogen-bond donors (Lipinski definition) is 0. The van der Waals surface area contributed by atoms with Gasteiger partial charge in [0.2, 0.25) is 0 Å². The molecule has 2 aromatic rings. The first-order valence-corrected chi connectivity index (χ1v) is 13.7. The van der Waals surface area contributed by atoms with Crippen molar-refractivity contribution in [1.82, 2.24) is 19.8 Å². The van der Waals surface area contributed by atoms with E-state index in [-0.39, 0.29) is 54.1 Å². The lowest BCUT2D eigenvalue weighted by molar-refractivity contribution is -0.137. The predicted octanol–water partition coefficient (Wildman–Crippen LogP) is 4.41. The van der Waals surface area contributed by atoms with Crippen LogP contribution in [0, 0.1) is 6.92 Å². The van der Waals surface area contributed by atoms with Crippen LogP contribution in [-0.2, 0) is 15.7 Å². The number of rotatable bonds is 2. The van der Waals surface area contributed by atoms with E-state index in [1.54, 1.807) is 37.5 Å². The van der Waals surface area contributed by atoms with Crippen LogP contribution in [0.15, 0.2) is 12.1 Å². The highest BCUT2D eigenvalue weighted by Crippen LogP contribution is 2.46. The molecule has 222 valence electrons. The van der Waals surface area contributed by atoms with Crippen LogP contribution in [0.2, 0.25) is 5.02 Å². The number of anilines is 1. The minimum Gasteiger partial charge on any atom is -0.489 e. The fourth-order valence-corrected chi connectivity index (χ4v) is 5.35. The molecule has 0 spiro atoms. The zero-order chi connectivity index (χ0) is 29.7. The first-order valence-electron chi connectivity index (χ1n) is 13.3. The number of piperazine rings is 1. The molecular weight excluding hydrogens is 567 g/mol. The summed E-state index contributed by atoms with van der Waals surface area (Å²) >= 11 is 6.74. The van der Waals surface area contributed by atoms with Gasteiger partial charge >= 0.3 is 12.3 Å². The van der Waals surface area contributed by atoms with Crippen molar-refractivity contribution >= 4 is 29.4 Å². The Labute approximate surface area is 240 Å². The van der Waals surface area contributed by atoms with Gasteiger partial charge in [0.05, 0.1) is 24.8 Å². The Morgan fingerprint density at radius 3 is 2.44 bits per heavy atom. The molecule has 5 heterocycles. The summed E-state index contributed by atoms with van der Waals surface area (Å²) in [6.07, 6.45) is -5.23. The highest BCUT2D eigenvalue weighted by Gasteiger charge is 2.43. The smallest absolute Gasteiger partial charge is 0.418 e. The number of fused-ring (bicyclic) bond motifs is 2. The van der Waals surface area contributed by atoms with E-state index < -0.39 is 41.1 Å². The Morgan fingerprint density at radius 2 is 1.78 bits per heavy atom. The van der Waals surface area contributed by atoms with Crippen molar-refractivity contribution in [2.75, 3.05) is 57.4 Å². The summed E-state index contributed by atoms with van der Waals surface area (Å²) in [7, 11) is 0. The number of carbonyl (C=O) groups is 2. The second kappa shape index (κ2) is 10.8. The van der Waals surface area contributed by atoms with E-state index in [0.717, 1.165) is 6.07 Å². The zero-order valence-corrected chi connectivity index (χ0v) is 23.9. The van der Waals surface area contributed by atoms with Crippen LogP contribution in [0.25, 0.3) is 11.4 Å². The van der Waals surface area contributed by atoms with Crippen LogP contribution < -0.4 is 9.64 Å². The number of nitrogens with zero attached hydrogens (tertiary/aromatic N) is 5. The van der Waals surface area contributed by atoms with Gasteiger partial charge in [0.1, 0.15) is 40.0 Å². The molecule has 3 aliphatic rings. The maximum absolute atomic E-state index is 14.1. The maximum atomic E-state index is 14.1. The summed E-state index contributed by atoms with van der Waals surface area (Å²) in [5.41, 5.74) is -1.97. The van der Waals surface area contributed by atoms with Gasteiger partial charge in [-0.2, -0.15) is 13.2 Å². The number of carbonyl (C=O) groups excluding carboxylic acids is 2. The van der Waals surface area contributed by atoms with E-state index in [1.807, 2.05) is 0 Å². The molecule has 10 nitrogen and oxygen atoms in total. The molecule has 0 aliphatic carbocycles. The Morgan fingerprint density at radius 1 is 1.07 bits per heavy atom. The summed E-state index contributed by atoms with van der Waals surface area (Å²) in [6, 6.07) is 1.66. The van der Waals surface area contributed by atoms with Crippen molar-refractivity contribution in [3.8, 4) is 17.1 Å². The van der Waals surface area contributed by atoms with Crippen molar-refractivity contribution in [2.24, 2.45) is 0 Å². The largest absolute Gasteiger partial charge is 0.489 e. The molecule has 14 heteroatoms. The third kappa shape index (κ3) is 5.87. The molecule has 0 N–H and O–H groups in total. The second-order valence-corrected chi connectivity index (χ2v) is 11.5. The number of alkyl halides is 3. The van der Waals surface area contributed by atoms with Gasteiger partial charge in [-0.15, -0.1) is 0 Å². The quantitative estimate of drug-likeness (QED) is 0.502. The normalized spacial score (nSPS) is 19.8. The van der Waals surface area contributed by atoms with Gasteiger partial charge in [0, 0.05) is 38.4 Å². The summed E-state index contributed by atoms with van der Waals surface area (Å²) in [5.74, 6) is -0.334. The number of morpholine rings is 1. The van der Waals surface area contributed by atoms with Crippen molar-refractivity contribution in [3.05, 3.63) is 34.0 Å². The van der Waals surface area contributed by atoms with Crippen LogP contribution in [0.5, 0.6) is 5.75 Å². The minimum absolute atomic E-state index is 0.0445. The fraction of sp³-hybridized carbons (Fsp3) is 0.556. The summed E-state index contributed by atoms with van der Waals surface area (Å²) in [6.45, 7) is 8.82. The SMILES string of the molecule is Cc1ccc(C(F)(F)F)c(-c2nc(N3CCOCC3)c3c(c2Cl)OC[C@H]2CN(C(=O)OC(C)(C)C)CCN2C3=O)n1. The first kappa shape index (κ1) is 29.2. The molecule has 0 bridgehead atoms. The average Bonchev–Trinajstić information content (AvgIpc) is 3.04. The van der Waals surface area contributed by atoms with Crippen LogP contribution in [0.3, 0.4) is 0 Å². The molecular formula is C27H31ClF3N5O5. The number of halogens is 4. The van der Waals surface area contributed by atoms with E-state index in [9.17, 15) is 22.8 Å². The van der Waals surface area contributed by atoms with Gasteiger partial charge in [-0.1, -0.05) is 11.6 Å². The van der Waals surface area contributed by atoms with E-state index in [0.29, 0.717) is 32.0 Å². The van der Waals surface area contributed by atoms with E-state index in [4.69, 9.17) is 25.8 Å². The molecule has 0 aromatic carbocycles. The van der Waals surface area contributed by atoms with Crippen molar-refractivity contribution in [3.63, 3.8) is 0 Å². The van der Waals surface area contributed by atoms with Gasteiger partial charge in [0.25, 0.3) is 5.91 Å². The van der Waals surface area contributed by atoms with Crippen molar-refractivity contribution in [1.29, 1.82) is 0 Å². The molecule has 0 saturated carbocycles. The fourth-order valence-electron chi connectivity index (χ4n) is 5.07. The highest BCUT2D eigenvalue weighted by atomic mass is 35.5. The lowest BCUT2D eigenvalue weighted by atomic mass is 10.1. The van der Waals surface area contributed by atoms with Gasteiger partial charge in [-0.05, 0) is 39.8 Å². The Balaban J connectivity index is 1.60. The zero-order valence-electron chi connectivity index (χ0n) is 23.2. The van der Waals surface area contributed by atoms with E-state index >= 15 is 0 Å². The molecule has 0 unspecified atom stereocenters. The first-order chi connectivity index (χ1) is 19.2. The molecule has 2 fully saturated rings. The van der Waals surface area contributed by atoms with Crippen LogP contribution in [0.1, 0.15) is 42.4 Å². The maximum Gasteiger partial charge on any atom is 0.418 e. The summed E-state index contributed by atoms with van der Waals surface area (Å²) < 4.78 is 59.2. The Kier molecular flexibility index (Phi) is 7.70. The second-order valence-electron chi connectivity index (χ2n) is 11.1.